The second-order valence-corrected chi connectivity index (χ2v) is 7.27. The lowest BCUT2D eigenvalue weighted by molar-refractivity contribution is 0.173. The van der Waals surface area contributed by atoms with Crippen LogP contribution in [0.15, 0.2) is 40.7 Å². The number of phenolic OH excluding ortho intramolecular Hbond substituents is 1. The summed E-state index contributed by atoms with van der Waals surface area (Å²) in [6.07, 6.45) is 0. The zero-order valence-electron chi connectivity index (χ0n) is 15.3. The van der Waals surface area contributed by atoms with Crippen molar-refractivity contribution in [3.63, 3.8) is 0 Å². The third-order valence-corrected chi connectivity index (χ3v) is 5.43. The Balaban J connectivity index is 1.52. The first-order valence-corrected chi connectivity index (χ1v) is 9.64. The summed E-state index contributed by atoms with van der Waals surface area (Å²) >= 11 is 1.81. The zero-order chi connectivity index (χ0) is 18.4. The van der Waals surface area contributed by atoms with Gasteiger partial charge < -0.3 is 20.1 Å². The van der Waals surface area contributed by atoms with Crippen LogP contribution in [-0.2, 0) is 13.1 Å². The molecule has 0 bridgehead atoms. The van der Waals surface area contributed by atoms with Crippen LogP contribution in [0.25, 0.3) is 0 Å². The number of benzene rings is 1. The number of guanidine groups is 1. The van der Waals surface area contributed by atoms with Crippen molar-refractivity contribution in [2.75, 3.05) is 40.3 Å². The Kier molecular flexibility index (Phi) is 6.35. The second-order valence-electron chi connectivity index (χ2n) is 6.24. The number of ether oxygens (including phenoxy) is 1. The van der Waals surface area contributed by atoms with Crippen molar-refractivity contribution in [1.29, 1.82) is 0 Å². The van der Waals surface area contributed by atoms with Crippen LogP contribution in [0.3, 0.4) is 0 Å². The number of rotatable bonds is 5. The lowest BCUT2D eigenvalue weighted by Crippen LogP contribution is -2.51. The van der Waals surface area contributed by atoms with E-state index in [2.05, 4.69) is 37.6 Å². The molecule has 7 heteroatoms. The van der Waals surface area contributed by atoms with Gasteiger partial charge in [0, 0.05) is 56.8 Å². The Morgan fingerprint density at radius 1 is 1.27 bits per heavy atom. The predicted octanol–water partition coefficient (Wildman–Crippen LogP) is 2.36. The molecule has 2 aromatic rings. The van der Waals surface area contributed by atoms with Crippen LogP contribution < -0.4 is 10.1 Å². The number of phenols is 1. The SMILES string of the molecule is CN=C(NCc1cc(OC)ccc1O)N1CCN(Cc2cccs2)CC1. The molecule has 3 rings (SSSR count). The lowest BCUT2D eigenvalue weighted by atomic mass is 10.2. The summed E-state index contributed by atoms with van der Waals surface area (Å²) in [5.41, 5.74) is 0.793. The highest BCUT2D eigenvalue weighted by Crippen LogP contribution is 2.22. The molecule has 1 aliphatic heterocycles. The quantitative estimate of drug-likeness (QED) is 0.621. The number of aromatic hydroxyl groups is 1. The number of thiophene rings is 1. The number of hydrogen-bond acceptors (Lipinski definition) is 5. The summed E-state index contributed by atoms with van der Waals surface area (Å²) in [6.45, 7) is 5.44. The molecule has 1 aromatic carbocycles. The van der Waals surface area contributed by atoms with E-state index >= 15 is 0 Å². The average molecular weight is 375 g/mol. The Morgan fingerprint density at radius 3 is 2.73 bits per heavy atom. The maximum atomic E-state index is 10.0. The van der Waals surface area contributed by atoms with Gasteiger partial charge in [0.2, 0.25) is 0 Å². The fourth-order valence-electron chi connectivity index (χ4n) is 3.08. The third-order valence-electron chi connectivity index (χ3n) is 4.57. The van der Waals surface area contributed by atoms with Crippen molar-refractivity contribution < 1.29 is 9.84 Å². The second kappa shape index (κ2) is 8.91. The number of nitrogens with zero attached hydrogens (tertiary/aromatic N) is 3. The van der Waals surface area contributed by atoms with Gasteiger partial charge in [0.25, 0.3) is 0 Å². The summed E-state index contributed by atoms with van der Waals surface area (Å²) in [6, 6.07) is 9.55. The van der Waals surface area contributed by atoms with E-state index in [1.54, 1.807) is 26.3 Å². The van der Waals surface area contributed by atoms with Crippen LogP contribution in [-0.4, -0.2) is 61.2 Å². The van der Waals surface area contributed by atoms with E-state index in [0.717, 1.165) is 50.0 Å². The maximum absolute atomic E-state index is 10.0. The normalized spacial score (nSPS) is 15.9. The summed E-state index contributed by atoms with van der Waals surface area (Å²) in [5, 5.41) is 15.5. The van der Waals surface area contributed by atoms with Crippen molar-refractivity contribution >= 4 is 17.3 Å². The minimum absolute atomic E-state index is 0.259. The van der Waals surface area contributed by atoms with Crippen LogP contribution in [0.5, 0.6) is 11.5 Å². The van der Waals surface area contributed by atoms with E-state index in [1.807, 2.05) is 17.4 Å². The first-order chi connectivity index (χ1) is 12.7. The molecule has 2 heterocycles. The van der Waals surface area contributed by atoms with Crippen LogP contribution >= 0.6 is 11.3 Å². The monoisotopic (exact) mass is 374 g/mol. The van der Waals surface area contributed by atoms with Crippen LogP contribution in [0.2, 0.25) is 0 Å². The third kappa shape index (κ3) is 4.68. The van der Waals surface area contributed by atoms with Gasteiger partial charge in [0.15, 0.2) is 5.96 Å². The molecule has 1 aliphatic rings. The Labute approximate surface area is 158 Å². The van der Waals surface area contributed by atoms with Gasteiger partial charge >= 0.3 is 0 Å². The zero-order valence-corrected chi connectivity index (χ0v) is 16.1. The summed E-state index contributed by atoms with van der Waals surface area (Å²) in [4.78, 5) is 10.6. The molecule has 6 nitrogen and oxygen atoms in total. The minimum atomic E-state index is 0.259. The number of piperazine rings is 1. The van der Waals surface area contributed by atoms with Gasteiger partial charge in [0.05, 0.1) is 7.11 Å². The molecule has 1 aromatic heterocycles. The minimum Gasteiger partial charge on any atom is -0.508 e. The van der Waals surface area contributed by atoms with Gasteiger partial charge in [0.1, 0.15) is 11.5 Å². The average Bonchev–Trinajstić information content (AvgIpc) is 3.18. The molecule has 26 heavy (non-hydrogen) atoms. The molecule has 0 saturated carbocycles. The molecular weight excluding hydrogens is 348 g/mol. The first-order valence-electron chi connectivity index (χ1n) is 8.76. The van der Waals surface area contributed by atoms with Crippen molar-refractivity contribution in [3.8, 4) is 11.5 Å². The summed E-state index contributed by atoms with van der Waals surface area (Å²) in [5.74, 6) is 1.86. The first kappa shape index (κ1) is 18.5. The van der Waals surface area contributed by atoms with Gasteiger partial charge in [-0.05, 0) is 29.6 Å². The van der Waals surface area contributed by atoms with Gasteiger partial charge in [-0.3, -0.25) is 9.89 Å². The van der Waals surface area contributed by atoms with Gasteiger partial charge in [-0.15, -0.1) is 11.3 Å². The molecule has 0 atom stereocenters. The standard InChI is InChI=1S/C19H26N4O2S/c1-20-19(21-13-15-12-16(25-2)5-6-18(15)24)23-9-7-22(8-10-23)14-17-4-3-11-26-17/h3-6,11-12,24H,7-10,13-14H2,1-2H3,(H,20,21). The van der Waals surface area contributed by atoms with Crippen molar-refractivity contribution in [3.05, 3.63) is 46.2 Å². The summed E-state index contributed by atoms with van der Waals surface area (Å²) < 4.78 is 5.23. The van der Waals surface area contributed by atoms with Gasteiger partial charge in [-0.25, -0.2) is 0 Å². The van der Waals surface area contributed by atoms with Crippen molar-refractivity contribution in [2.24, 2.45) is 4.99 Å². The number of aliphatic imine (C=N–C) groups is 1. The summed E-state index contributed by atoms with van der Waals surface area (Å²) in [7, 11) is 3.42. The van der Waals surface area contributed by atoms with E-state index in [4.69, 9.17) is 4.74 Å². The molecule has 1 fully saturated rings. The number of methoxy groups -OCH3 is 1. The largest absolute Gasteiger partial charge is 0.508 e. The molecular formula is C19H26N4O2S. The smallest absolute Gasteiger partial charge is 0.194 e. The predicted molar refractivity (Wildman–Crippen MR) is 106 cm³/mol. The van der Waals surface area contributed by atoms with E-state index in [9.17, 15) is 5.11 Å². The highest BCUT2D eigenvalue weighted by molar-refractivity contribution is 7.09. The van der Waals surface area contributed by atoms with Crippen LogP contribution in [0.4, 0.5) is 0 Å². The Morgan fingerprint density at radius 2 is 2.08 bits per heavy atom. The molecule has 140 valence electrons. The molecule has 0 unspecified atom stereocenters. The Hall–Kier alpha value is -2.25. The lowest BCUT2D eigenvalue weighted by Gasteiger charge is -2.36. The van der Waals surface area contributed by atoms with Crippen molar-refractivity contribution in [1.82, 2.24) is 15.1 Å². The van der Waals surface area contributed by atoms with E-state index < -0.39 is 0 Å². The topological polar surface area (TPSA) is 60.3 Å². The molecule has 0 spiro atoms. The van der Waals surface area contributed by atoms with E-state index in [-0.39, 0.29) is 5.75 Å². The molecule has 2 N–H and O–H groups in total. The molecule has 0 radical (unpaired) electrons. The molecule has 0 amide bonds. The highest BCUT2D eigenvalue weighted by atomic mass is 32.1. The van der Waals surface area contributed by atoms with Crippen LogP contribution in [0.1, 0.15) is 10.4 Å². The number of hydrogen-bond donors (Lipinski definition) is 2. The Bertz CT molecular complexity index is 725. The fourth-order valence-corrected chi connectivity index (χ4v) is 3.82. The fraction of sp³-hybridized carbons (Fsp3) is 0.421. The van der Waals surface area contributed by atoms with E-state index in [0.29, 0.717) is 6.54 Å². The number of nitrogens with one attached hydrogen (secondary N) is 1. The van der Waals surface area contributed by atoms with Gasteiger partial charge in [-0.1, -0.05) is 6.07 Å². The maximum Gasteiger partial charge on any atom is 0.194 e. The van der Waals surface area contributed by atoms with Crippen LogP contribution in [0, 0.1) is 0 Å². The molecule has 1 saturated heterocycles. The van der Waals surface area contributed by atoms with Gasteiger partial charge in [-0.2, -0.15) is 0 Å². The highest BCUT2D eigenvalue weighted by Gasteiger charge is 2.20. The molecule has 0 aliphatic carbocycles. The van der Waals surface area contributed by atoms with Crippen molar-refractivity contribution in [2.45, 2.75) is 13.1 Å². The van der Waals surface area contributed by atoms with E-state index in [1.165, 1.54) is 4.88 Å².